The number of ether oxygens (including phenoxy) is 3. The van der Waals surface area contributed by atoms with Gasteiger partial charge in [0.1, 0.15) is 59.2 Å². The van der Waals surface area contributed by atoms with Crippen LogP contribution in [0.4, 0.5) is 0 Å². The van der Waals surface area contributed by atoms with Gasteiger partial charge >= 0.3 is 11.9 Å². The minimum Gasteiger partial charge on any atom is -0.481 e. The lowest BCUT2D eigenvalue weighted by atomic mass is 9.82. The number of Topliss-reactive ketones (excluding diaryl/α,β-unsaturated/α-hetero) is 2. The zero-order valence-corrected chi connectivity index (χ0v) is 51.2. The number of likely N-dealkylation sites (N-methyl/N-ethyl adjacent to an activating group) is 1. The van der Waals surface area contributed by atoms with Gasteiger partial charge in [0.2, 0.25) is 18.1 Å². The lowest BCUT2D eigenvalue weighted by molar-refractivity contribution is -0.941. The van der Waals surface area contributed by atoms with Gasteiger partial charge in [-0.25, -0.2) is 4.98 Å². The van der Waals surface area contributed by atoms with E-state index < -0.39 is 102 Å². The van der Waals surface area contributed by atoms with E-state index in [1.54, 1.807) is 42.5 Å². The number of rotatable bonds is 31. The molecule has 0 saturated carbocycles. The van der Waals surface area contributed by atoms with Crippen molar-refractivity contribution in [3.05, 3.63) is 93.5 Å². The molecular formula is C62H86N7O16S+. The number of piperidine rings is 1. The number of benzene rings is 2. The van der Waals surface area contributed by atoms with Gasteiger partial charge < -0.3 is 60.4 Å². The smallest absolute Gasteiger partial charge is 0.306 e. The van der Waals surface area contributed by atoms with Gasteiger partial charge in [-0.1, -0.05) is 71.4 Å². The summed E-state index contributed by atoms with van der Waals surface area (Å²) in [5, 5.41) is 48.5. The number of aliphatic hydroxyl groups excluding tert-OH is 3. The van der Waals surface area contributed by atoms with Crippen LogP contribution in [0.15, 0.2) is 66.1 Å². The van der Waals surface area contributed by atoms with Crippen LogP contribution < -0.4 is 21.1 Å². The first kappa shape index (κ1) is 68.3. The van der Waals surface area contributed by atoms with Crippen LogP contribution in [0.2, 0.25) is 0 Å². The van der Waals surface area contributed by atoms with Crippen LogP contribution in [-0.4, -0.2) is 182 Å². The summed E-state index contributed by atoms with van der Waals surface area (Å²) in [7, 11) is 3.69. The van der Waals surface area contributed by atoms with Gasteiger partial charge in [-0.2, -0.15) is 0 Å². The molecule has 4 heterocycles. The molecule has 0 bridgehead atoms. The van der Waals surface area contributed by atoms with Crippen molar-refractivity contribution in [1.82, 2.24) is 25.4 Å². The van der Waals surface area contributed by atoms with Crippen molar-refractivity contribution in [2.45, 2.75) is 167 Å². The number of aliphatic carboxylic acids is 1. The Kier molecular flexibility index (Phi) is 24.8. The molecule has 8 N–H and O–H groups in total. The maximum absolute atomic E-state index is 15.0. The van der Waals surface area contributed by atoms with Crippen molar-refractivity contribution in [2.75, 3.05) is 40.3 Å². The summed E-state index contributed by atoms with van der Waals surface area (Å²) in [4.78, 5) is 127. The molecule has 0 aliphatic carbocycles. The van der Waals surface area contributed by atoms with Crippen LogP contribution in [-0.2, 0) is 67.2 Å². The van der Waals surface area contributed by atoms with Crippen molar-refractivity contribution < 1.29 is 82.3 Å². The molecule has 3 unspecified atom stereocenters. The molecule has 24 heteroatoms. The highest BCUT2D eigenvalue weighted by atomic mass is 32.1. The molecule has 470 valence electrons. The van der Waals surface area contributed by atoms with Crippen LogP contribution in [0.1, 0.15) is 131 Å². The van der Waals surface area contributed by atoms with E-state index in [0.29, 0.717) is 42.9 Å². The summed E-state index contributed by atoms with van der Waals surface area (Å²) in [6, 6.07) is 11.7. The van der Waals surface area contributed by atoms with Gasteiger partial charge in [0.25, 0.3) is 17.7 Å². The highest BCUT2D eigenvalue weighted by Gasteiger charge is 2.45. The van der Waals surface area contributed by atoms with Gasteiger partial charge in [0.15, 0.2) is 11.9 Å². The molecule has 3 aliphatic heterocycles. The number of hydrogen-bond acceptors (Lipinski definition) is 18. The van der Waals surface area contributed by atoms with Crippen molar-refractivity contribution >= 4 is 64.4 Å². The average Bonchev–Trinajstić information content (AvgIpc) is 3.28. The second-order valence-corrected chi connectivity index (χ2v) is 24.6. The SMILES string of the molecule is CC[C@H](C)[C@H](CC(=O)[C@H]1CCCC[N+]1(C)Cc1ccc(O[C@@H]2OCC(O)[C@H](O)C2O)c(CC(=O)CCNC(=O)[C@H](CN)N2C(=O)C=CC2=O)c1)C(=O)N(C)[C@@H](C[C@H](OC(C)=O)c1nc(C(=O)N[C@@H](Cc2ccccc2)C[C@H](C)C(=O)O)cs1)C(C)C. The fourth-order valence-electron chi connectivity index (χ4n) is 11.7. The number of nitrogens with zero attached hydrogens (tertiary/aromatic N) is 4. The first-order valence-electron chi connectivity index (χ1n) is 29.6. The number of nitrogens with two attached hydrogens (primary N) is 1. The largest absolute Gasteiger partial charge is 0.481 e. The number of carbonyl (C=O) groups is 9. The number of quaternary nitrogens is 1. The molecule has 86 heavy (non-hydrogen) atoms. The van der Waals surface area contributed by atoms with Gasteiger partial charge in [-0.05, 0) is 61.3 Å². The van der Waals surface area contributed by atoms with E-state index in [2.05, 4.69) is 15.6 Å². The summed E-state index contributed by atoms with van der Waals surface area (Å²) in [6.07, 6.45) is -1.88. The average molecular weight is 1220 g/mol. The van der Waals surface area contributed by atoms with Crippen LogP contribution in [0.3, 0.4) is 0 Å². The molecule has 23 nitrogen and oxygen atoms in total. The number of nitrogens with one attached hydrogen (secondary N) is 2. The van der Waals surface area contributed by atoms with E-state index in [0.717, 1.165) is 52.4 Å². The second kappa shape index (κ2) is 31.2. The number of carboxylic acids is 1. The maximum atomic E-state index is 15.0. The highest BCUT2D eigenvalue weighted by Crippen LogP contribution is 2.36. The van der Waals surface area contributed by atoms with Gasteiger partial charge in [0.05, 0.1) is 26.1 Å². The number of aromatic nitrogens is 1. The van der Waals surface area contributed by atoms with E-state index in [1.807, 2.05) is 65.1 Å². The van der Waals surface area contributed by atoms with Crippen molar-refractivity contribution in [2.24, 2.45) is 29.4 Å². The Morgan fingerprint density at radius 3 is 2.29 bits per heavy atom. The van der Waals surface area contributed by atoms with Crippen LogP contribution in [0, 0.1) is 23.7 Å². The normalized spacial score (nSPS) is 22.9. The maximum Gasteiger partial charge on any atom is 0.306 e. The minimum atomic E-state index is -1.64. The Bertz CT molecular complexity index is 2900. The summed E-state index contributed by atoms with van der Waals surface area (Å²) in [6.45, 7) is 10.8. The summed E-state index contributed by atoms with van der Waals surface area (Å²) >= 11 is 1.13. The zero-order valence-electron chi connectivity index (χ0n) is 50.4. The number of thiazole rings is 1. The molecular weight excluding hydrogens is 1130 g/mol. The number of hydrogen-bond donors (Lipinski definition) is 7. The Labute approximate surface area is 506 Å². The van der Waals surface area contributed by atoms with E-state index in [9.17, 15) is 54.0 Å². The number of ketones is 2. The number of imide groups is 1. The van der Waals surface area contributed by atoms with Crippen LogP contribution >= 0.6 is 11.3 Å². The molecule has 3 aliphatic rings. The number of likely N-dealkylation sites (tertiary alicyclic amines) is 1. The third-order valence-corrected chi connectivity index (χ3v) is 17.8. The van der Waals surface area contributed by atoms with Gasteiger partial charge in [0, 0.05) is 106 Å². The lowest BCUT2D eigenvalue weighted by Crippen LogP contribution is -2.58. The standard InChI is InChI=1S/C62H85N7O16S/c1-9-36(4)44(60(80)67(7)46(35(2)3)30-52(84-38(6)70)59-66-45(34-86-59)57(78)65-42(25-37(5)61(81)82)27-39-15-11-10-12-16-39)29-49(72)48-17-13-14-24-69(48,8)32-40-18-19-51(85-62-56(77)55(76)50(73)33-83-62)41(26-40)28-43(71)22-23-64-58(79)47(31-63)68-53(74)20-21-54(68)75/h10-12,15-16,18-21,26,34-37,42,44,46-48,50,52,55-56,62,73,76-77H,9,13-14,17,22-25,27-33,63H2,1-8H3,(H2-,64,65,78,79,81,82)/p+1/t36-,37-,42+,44-,46-,47-,48+,50?,52-,55-,56?,62-,69?/m0/s1. The number of aliphatic hydroxyl groups is 3. The van der Waals surface area contributed by atoms with Crippen molar-refractivity contribution in [3.63, 3.8) is 0 Å². The molecule has 0 spiro atoms. The van der Waals surface area contributed by atoms with Crippen molar-refractivity contribution in [3.8, 4) is 5.75 Å². The van der Waals surface area contributed by atoms with E-state index in [-0.39, 0.29) is 97.0 Å². The predicted molar refractivity (Wildman–Crippen MR) is 315 cm³/mol. The molecule has 2 saturated heterocycles. The van der Waals surface area contributed by atoms with Crippen LogP contribution in [0.25, 0.3) is 0 Å². The van der Waals surface area contributed by atoms with Gasteiger partial charge in [-0.3, -0.25) is 48.1 Å². The summed E-state index contributed by atoms with van der Waals surface area (Å²) in [5.74, 6) is -6.55. The Morgan fingerprint density at radius 2 is 1.65 bits per heavy atom. The number of amides is 5. The predicted octanol–water partition coefficient (Wildman–Crippen LogP) is 3.58. The summed E-state index contributed by atoms with van der Waals surface area (Å²) in [5.41, 5.74) is 7.86. The quantitative estimate of drug-likeness (QED) is 0.0275. The molecule has 5 amide bonds. The molecule has 6 rings (SSSR count). The van der Waals surface area contributed by atoms with Gasteiger partial charge in [-0.15, -0.1) is 11.3 Å². The molecule has 0 radical (unpaired) electrons. The first-order chi connectivity index (χ1) is 40.7. The van der Waals surface area contributed by atoms with E-state index >= 15 is 9.59 Å². The third kappa shape index (κ3) is 17.9. The monoisotopic (exact) mass is 1220 g/mol. The number of carbonyl (C=O) groups excluding carboxylic acids is 8. The number of carboxylic acid groups (broad SMARTS) is 1. The third-order valence-electron chi connectivity index (χ3n) is 16.9. The molecule has 1 aromatic heterocycles. The van der Waals surface area contributed by atoms with E-state index in [4.69, 9.17) is 19.9 Å². The Morgan fingerprint density at radius 1 is 0.953 bits per heavy atom. The highest BCUT2D eigenvalue weighted by molar-refractivity contribution is 7.09. The molecule has 2 aromatic carbocycles. The second-order valence-electron chi connectivity index (χ2n) is 23.7. The topological polar surface area (TPSA) is 332 Å². The van der Waals surface area contributed by atoms with E-state index in [1.165, 1.54) is 6.92 Å². The fourth-order valence-corrected chi connectivity index (χ4v) is 12.5. The zero-order chi connectivity index (χ0) is 63.2. The lowest BCUT2D eigenvalue weighted by Gasteiger charge is -2.45. The molecule has 13 atom stereocenters. The minimum absolute atomic E-state index is 0.0444. The van der Waals surface area contributed by atoms with Crippen molar-refractivity contribution in [1.29, 1.82) is 0 Å². The first-order valence-corrected chi connectivity index (χ1v) is 30.5. The summed E-state index contributed by atoms with van der Waals surface area (Å²) < 4.78 is 17.8. The Hall–Kier alpha value is -6.80. The fraction of sp³-hybridized carbons (Fsp3) is 0.581. The molecule has 3 aromatic rings. The molecule has 2 fully saturated rings. The number of esters is 1. The Balaban J connectivity index is 1.18. The van der Waals surface area contributed by atoms with Crippen LogP contribution in [0.5, 0.6) is 5.75 Å².